The first-order valence-corrected chi connectivity index (χ1v) is 12.3. The number of nitrogens with one attached hydrogen (secondary N) is 1. The van der Waals surface area contributed by atoms with Gasteiger partial charge >= 0.3 is 6.03 Å². The highest BCUT2D eigenvalue weighted by atomic mass is 35.5. The minimum absolute atomic E-state index is 0.109. The number of rotatable bonds is 7. The van der Waals surface area contributed by atoms with Crippen molar-refractivity contribution in [2.24, 2.45) is 11.0 Å². The number of nitrogens with zero attached hydrogens (tertiary/aromatic N) is 3. The summed E-state index contributed by atoms with van der Waals surface area (Å²) in [6.45, 7) is 7.92. The van der Waals surface area contributed by atoms with Gasteiger partial charge in [0.2, 0.25) is 0 Å². The average Bonchev–Trinajstić information content (AvgIpc) is 3.24. The largest absolute Gasteiger partial charge is 0.491 e. The van der Waals surface area contributed by atoms with E-state index in [1.54, 1.807) is 5.01 Å². The molecular weight excluding hydrogens is 436 g/mol. The van der Waals surface area contributed by atoms with Gasteiger partial charge in [0.05, 0.1) is 18.4 Å². The zero-order valence-electron chi connectivity index (χ0n) is 19.5. The lowest BCUT2D eigenvalue weighted by Crippen LogP contribution is -2.34. The number of likely N-dealkylation sites (tertiary alicyclic amines) is 1. The number of carbonyl (C=O) groups is 1. The quantitative estimate of drug-likeness (QED) is 0.552. The van der Waals surface area contributed by atoms with E-state index in [1.165, 1.54) is 32.4 Å². The highest BCUT2D eigenvalue weighted by Crippen LogP contribution is 2.26. The summed E-state index contributed by atoms with van der Waals surface area (Å²) in [4.78, 5) is 15.5. The lowest BCUT2D eigenvalue weighted by atomic mass is 9.94. The third-order valence-electron chi connectivity index (χ3n) is 6.10. The van der Waals surface area contributed by atoms with Crippen LogP contribution in [0.1, 0.15) is 45.1 Å². The van der Waals surface area contributed by atoms with Crippen molar-refractivity contribution in [2.45, 2.75) is 45.6 Å². The lowest BCUT2D eigenvalue weighted by Gasteiger charge is -2.27. The lowest BCUT2D eigenvalue weighted by molar-refractivity contribution is 0.205. The van der Waals surface area contributed by atoms with Gasteiger partial charge in [0, 0.05) is 16.6 Å². The molecule has 0 aromatic heterocycles. The molecule has 7 heteroatoms. The van der Waals surface area contributed by atoms with Crippen molar-refractivity contribution in [1.29, 1.82) is 0 Å². The third kappa shape index (κ3) is 6.49. The molecule has 2 aliphatic heterocycles. The molecule has 176 valence electrons. The standard InChI is InChI=1S/C26H33ClN4O2/c1-19(2)33-24-12-10-23(11-13-24)28-26(32)31-18-21(14-17-30-15-4-3-5-16-30)25(29-31)20-6-8-22(27)9-7-20/h6-13,19,21H,3-5,14-18H2,1-2H3,(H,28,32). The van der Waals surface area contributed by atoms with Crippen LogP contribution >= 0.6 is 11.6 Å². The van der Waals surface area contributed by atoms with E-state index in [0.29, 0.717) is 11.6 Å². The molecule has 0 aliphatic carbocycles. The summed E-state index contributed by atoms with van der Waals surface area (Å²) in [5.41, 5.74) is 2.70. The molecule has 2 amide bonds. The van der Waals surface area contributed by atoms with E-state index in [0.717, 1.165) is 35.7 Å². The summed E-state index contributed by atoms with van der Waals surface area (Å²) in [6, 6.07) is 14.9. The van der Waals surface area contributed by atoms with Gasteiger partial charge in [-0.1, -0.05) is 30.2 Å². The number of carbonyl (C=O) groups excluding carboxylic acids is 1. The van der Waals surface area contributed by atoms with Gasteiger partial charge in [-0.3, -0.25) is 0 Å². The molecule has 33 heavy (non-hydrogen) atoms. The molecule has 6 nitrogen and oxygen atoms in total. The second kappa shape index (κ2) is 11.0. The van der Waals surface area contributed by atoms with E-state index in [1.807, 2.05) is 62.4 Å². The summed E-state index contributed by atoms with van der Waals surface area (Å²) >= 11 is 6.10. The molecule has 1 saturated heterocycles. The Morgan fingerprint density at radius 2 is 1.79 bits per heavy atom. The van der Waals surface area contributed by atoms with Crippen LogP contribution in [0.2, 0.25) is 5.02 Å². The Kier molecular flexibility index (Phi) is 7.89. The molecule has 1 atom stereocenters. The maximum atomic E-state index is 13.0. The van der Waals surface area contributed by atoms with Crippen LogP contribution in [0, 0.1) is 5.92 Å². The number of hydrogen-bond acceptors (Lipinski definition) is 4. The molecule has 1 unspecified atom stereocenters. The first-order valence-electron chi connectivity index (χ1n) is 11.9. The predicted molar refractivity (Wildman–Crippen MR) is 134 cm³/mol. The molecule has 1 fully saturated rings. The van der Waals surface area contributed by atoms with Gasteiger partial charge in [-0.15, -0.1) is 0 Å². The van der Waals surface area contributed by atoms with Crippen molar-refractivity contribution in [3.63, 3.8) is 0 Å². The summed E-state index contributed by atoms with van der Waals surface area (Å²) < 4.78 is 5.68. The molecule has 0 saturated carbocycles. The monoisotopic (exact) mass is 468 g/mol. The van der Waals surface area contributed by atoms with Gasteiger partial charge in [-0.05, 0) is 94.7 Å². The fourth-order valence-electron chi connectivity index (χ4n) is 4.42. The Labute approximate surface area is 201 Å². The van der Waals surface area contributed by atoms with Gasteiger partial charge in [0.15, 0.2) is 0 Å². The summed E-state index contributed by atoms with van der Waals surface area (Å²) in [6.07, 6.45) is 4.97. The number of ether oxygens (including phenoxy) is 1. The zero-order valence-corrected chi connectivity index (χ0v) is 20.2. The smallest absolute Gasteiger partial charge is 0.342 e. The molecule has 2 aliphatic rings. The molecule has 1 N–H and O–H groups in total. The van der Waals surface area contributed by atoms with Crippen LogP contribution in [0.25, 0.3) is 0 Å². The number of urea groups is 1. The molecule has 2 aromatic rings. The van der Waals surface area contributed by atoms with Crippen molar-refractivity contribution >= 4 is 29.0 Å². The number of anilines is 1. The van der Waals surface area contributed by atoms with E-state index < -0.39 is 0 Å². The van der Waals surface area contributed by atoms with Crippen LogP contribution < -0.4 is 10.1 Å². The number of amides is 2. The Morgan fingerprint density at radius 1 is 1.09 bits per heavy atom. The Hall–Kier alpha value is -2.57. The molecule has 0 bridgehead atoms. The van der Waals surface area contributed by atoms with Gasteiger partial charge in [0.25, 0.3) is 0 Å². The van der Waals surface area contributed by atoms with E-state index in [-0.39, 0.29) is 18.1 Å². The number of halogens is 1. The molecule has 2 heterocycles. The van der Waals surface area contributed by atoms with Gasteiger partial charge in [-0.25, -0.2) is 9.80 Å². The van der Waals surface area contributed by atoms with Crippen LogP contribution in [0.4, 0.5) is 10.5 Å². The number of hydrazone groups is 1. The molecule has 4 rings (SSSR count). The average molecular weight is 469 g/mol. The van der Waals surface area contributed by atoms with Crippen molar-refractivity contribution in [3.05, 3.63) is 59.1 Å². The van der Waals surface area contributed by atoms with Crippen LogP contribution in [0.5, 0.6) is 5.75 Å². The van der Waals surface area contributed by atoms with Crippen molar-refractivity contribution < 1.29 is 9.53 Å². The molecule has 0 radical (unpaired) electrons. The molecule has 0 spiro atoms. The fraction of sp³-hybridized carbons (Fsp3) is 0.462. The van der Waals surface area contributed by atoms with Crippen LogP contribution in [0.3, 0.4) is 0 Å². The van der Waals surface area contributed by atoms with E-state index in [2.05, 4.69) is 10.2 Å². The molecular formula is C26H33ClN4O2. The normalized spacial score (nSPS) is 19.0. The van der Waals surface area contributed by atoms with Gasteiger partial charge < -0.3 is 15.0 Å². The van der Waals surface area contributed by atoms with Crippen LogP contribution in [-0.2, 0) is 0 Å². The minimum Gasteiger partial charge on any atom is -0.491 e. The number of benzene rings is 2. The first kappa shape index (κ1) is 23.6. The Bertz CT molecular complexity index is 953. The van der Waals surface area contributed by atoms with Crippen molar-refractivity contribution in [1.82, 2.24) is 9.91 Å². The zero-order chi connectivity index (χ0) is 23.2. The topological polar surface area (TPSA) is 57.2 Å². The predicted octanol–water partition coefficient (Wildman–Crippen LogP) is 5.87. The van der Waals surface area contributed by atoms with E-state index in [9.17, 15) is 4.79 Å². The van der Waals surface area contributed by atoms with Crippen molar-refractivity contribution in [2.75, 3.05) is 31.5 Å². The maximum Gasteiger partial charge on any atom is 0.342 e. The summed E-state index contributed by atoms with van der Waals surface area (Å²) in [5.74, 6) is 0.977. The Balaban J connectivity index is 1.44. The second-order valence-corrected chi connectivity index (χ2v) is 9.52. The van der Waals surface area contributed by atoms with Crippen LogP contribution in [0.15, 0.2) is 53.6 Å². The Morgan fingerprint density at radius 3 is 2.45 bits per heavy atom. The van der Waals surface area contributed by atoms with Crippen LogP contribution in [-0.4, -0.2) is 53.9 Å². The highest BCUT2D eigenvalue weighted by molar-refractivity contribution is 6.30. The highest BCUT2D eigenvalue weighted by Gasteiger charge is 2.31. The van der Waals surface area contributed by atoms with Crippen molar-refractivity contribution in [3.8, 4) is 5.75 Å². The molecule has 2 aromatic carbocycles. The number of piperidine rings is 1. The van der Waals surface area contributed by atoms with E-state index >= 15 is 0 Å². The van der Waals surface area contributed by atoms with E-state index in [4.69, 9.17) is 21.4 Å². The third-order valence-corrected chi connectivity index (χ3v) is 6.35. The maximum absolute atomic E-state index is 13.0. The minimum atomic E-state index is -0.223. The summed E-state index contributed by atoms with van der Waals surface area (Å²) in [5, 5.41) is 9.96. The summed E-state index contributed by atoms with van der Waals surface area (Å²) in [7, 11) is 0. The number of hydrogen-bond donors (Lipinski definition) is 1. The first-order chi connectivity index (χ1) is 16.0. The fourth-order valence-corrected chi connectivity index (χ4v) is 4.54. The van der Waals surface area contributed by atoms with Gasteiger partial charge in [0.1, 0.15) is 5.75 Å². The van der Waals surface area contributed by atoms with Gasteiger partial charge in [-0.2, -0.15) is 5.10 Å². The SMILES string of the molecule is CC(C)Oc1ccc(NC(=O)N2CC(CCN3CCCCC3)C(c3ccc(Cl)cc3)=N2)cc1. The second-order valence-electron chi connectivity index (χ2n) is 9.08.